The number of benzene rings is 2. The summed E-state index contributed by atoms with van der Waals surface area (Å²) in [5, 5.41) is 0. The van der Waals surface area contributed by atoms with E-state index in [1.807, 2.05) is 0 Å². The summed E-state index contributed by atoms with van der Waals surface area (Å²) in [7, 11) is 2.40. The number of likely N-dealkylation sites (N-methyl/N-ethyl adjacent to an activating group) is 1. The molecule has 0 unspecified atom stereocenters. The third kappa shape index (κ3) is 4.11. The lowest BCUT2D eigenvalue weighted by molar-refractivity contribution is -0.896. The Morgan fingerprint density at radius 1 is 0.818 bits per heavy atom. The van der Waals surface area contributed by atoms with Crippen molar-refractivity contribution in [2.45, 2.75) is 12.8 Å². The summed E-state index contributed by atoms with van der Waals surface area (Å²) in [4.78, 5) is 2.45. The van der Waals surface area contributed by atoms with Crippen LogP contribution in [-0.2, 0) is 0 Å². The lowest BCUT2D eigenvalue weighted by atomic mass is 10.2. The van der Waals surface area contributed by atoms with E-state index in [4.69, 9.17) is 0 Å². The second kappa shape index (κ2) is 7.80. The minimum atomic E-state index is 0. The number of nitrogens with zero attached hydrogens (tertiary/aromatic N) is 2. The second-order valence-corrected chi connectivity index (χ2v) is 6.32. The van der Waals surface area contributed by atoms with Crippen molar-refractivity contribution in [3.8, 4) is 0 Å². The molecule has 0 saturated carbocycles. The van der Waals surface area contributed by atoms with Crippen molar-refractivity contribution in [3.63, 3.8) is 0 Å². The molecule has 1 heterocycles. The largest absolute Gasteiger partial charge is 1.00 e. The van der Waals surface area contributed by atoms with E-state index in [2.05, 4.69) is 72.6 Å². The van der Waals surface area contributed by atoms with E-state index in [0.29, 0.717) is 0 Å². The molecule has 1 saturated heterocycles. The summed E-state index contributed by atoms with van der Waals surface area (Å²) >= 11 is 0. The van der Waals surface area contributed by atoms with Crippen molar-refractivity contribution >= 4 is 11.4 Å². The van der Waals surface area contributed by atoms with Crippen LogP contribution in [0.1, 0.15) is 12.8 Å². The molecule has 1 aliphatic rings. The smallest absolute Gasteiger partial charge is 0.0967 e. The van der Waals surface area contributed by atoms with Gasteiger partial charge >= 0.3 is 0 Å². The fraction of sp³-hybridized carbons (Fsp3) is 0.368. The van der Waals surface area contributed by atoms with E-state index >= 15 is 0 Å². The van der Waals surface area contributed by atoms with Gasteiger partial charge in [-0.2, -0.15) is 0 Å². The highest BCUT2D eigenvalue weighted by Crippen LogP contribution is 2.25. The molecule has 0 atom stereocenters. The number of hydrogen-bond donors (Lipinski definition) is 0. The molecule has 3 heteroatoms. The topological polar surface area (TPSA) is 3.24 Å². The van der Waals surface area contributed by atoms with Crippen LogP contribution < -0.4 is 21.9 Å². The molecular weight excluding hydrogens is 336 g/mol. The first-order valence-electron chi connectivity index (χ1n) is 7.98. The third-order valence-electron chi connectivity index (χ3n) is 4.65. The summed E-state index contributed by atoms with van der Waals surface area (Å²) in [5.74, 6) is 0. The molecule has 2 nitrogen and oxygen atoms in total. The van der Waals surface area contributed by atoms with Crippen LogP contribution in [0.2, 0.25) is 0 Å². The van der Waals surface area contributed by atoms with Crippen LogP contribution in [-0.4, -0.2) is 37.7 Å². The van der Waals surface area contributed by atoms with Crippen LogP contribution in [0, 0.1) is 0 Å². The predicted octanol–water partition coefficient (Wildman–Crippen LogP) is 1.07. The van der Waals surface area contributed by atoms with Gasteiger partial charge in [0.2, 0.25) is 0 Å². The molecule has 1 aliphatic heterocycles. The molecule has 0 bridgehead atoms. The highest BCUT2D eigenvalue weighted by atomic mass is 79.9. The van der Waals surface area contributed by atoms with Crippen LogP contribution in [0.25, 0.3) is 0 Å². The molecule has 0 N–H and O–H groups in total. The zero-order valence-electron chi connectivity index (χ0n) is 13.3. The van der Waals surface area contributed by atoms with Gasteiger partial charge in [0.1, 0.15) is 0 Å². The summed E-state index contributed by atoms with van der Waals surface area (Å²) in [6, 6.07) is 21.5. The Hall–Kier alpha value is -1.32. The lowest BCUT2D eigenvalue weighted by Gasteiger charge is -2.33. The van der Waals surface area contributed by atoms with Gasteiger partial charge < -0.3 is 26.4 Å². The Morgan fingerprint density at radius 2 is 1.27 bits per heavy atom. The van der Waals surface area contributed by atoms with Crippen LogP contribution in [0.5, 0.6) is 0 Å². The maximum Gasteiger partial charge on any atom is 0.0967 e. The Bertz CT molecular complexity index is 511. The first-order chi connectivity index (χ1) is 10.3. The number of anilines is 2. The van der Waals surface area contributed by atoms with Gasteiger partial charge in [-0.1, -0.05) is 36.4 Å². The van der Waals surface area contributed by atoms with Gasteiger partial charge in [0.15, 0.2) is 0 Å². The highest BCUT2D eigenvalue weighted by molar-refractivity contribution is 5.62. The Kier molecular flexibility index (Phi) is 6.04. The maximum absolute atomic E-state index is 2.45. The highest BCUT2D eigenvalue weighted by Gasteiger charge is 2.27. The fourth-order valence-corrected chi connectivity index (χ4v) is 3.29. The van der Waals surface area contributed by atoms with E-state index in [0.717, 1.165) is 6.54 Å². The number of rotatable bonds is 5. The predicted molar refractivity (Wildman–Crippen MR) is 89.9 cm³/mol. The molecule has 2 aromatic carbocycles. The lowest BCUT2D eigenvalue weighted by Crippen LogP contribution is -3.00. The Morgan fingerprint density at radius 3 is 1.73 bits per heavy atom. The van der Waals surface area contributed by atoms with Gasteiger partial charge in [0, 0.05) is 24.2 Å². The van der Waals surface area contributed by atoms with Gasteiger partial charge in [-0.25, -0.2) is 0 Å². The van der Waals surface area contributed by atoms with Crippen molar-refractivity contribution in [2.24, 2.45) is 0 Å². The molecule has 22 heavy (non-hydrogen) atoms. The van der Waals surface area contributed by atoms with Crippen LogP contribution in [0.4, 0.5) is 11.4 Å². The molecular formula is C19H25BrN2. The van der Waals surface area contributed by atoms with Crippen LogP contribution in [0.3, 0.4) is 0 Å². The standard InChI is InChI=1S/C19H25N2.BrH/c1-21(15-8-9-16-21)17-14-20(18-10-4-2-5-11-18)19-12-6-3-7-13-19;/h2-7,10-13H,8-9,14-17H2,1H3;1H/q+1;/p-1. The maximum atomic E-state index is 2.45. The number of para-hydroxylation sites is 2. The van der Waals surface area contributed by atoms with Crippen molar-refractivity contribution < 1.29 is 21.5 Å². The molecule has 1 fully saturated rings. The summed E-state index contributed by atoms with van der Waals surface area (Å²) in [5.41, 5.74) is 2.57. The average Bonchev–Trinajstić information content (AvgIpc) is 2.97. The Balaban J connectivity index is 0.00000176. The van der Waals surface area contributed by atoms with Crippen molar-refractivity contribution in [1.82, 2.24) is 0 Å². The summed E-state index contributed by atoms with van der Waals surface area (Å²) in [6.07, 6.45) is 2.76. The monoisotopic (exact) mass is 360 g/mol. The normalized spacial score (nSPS) is 16.0. The van der Waals surface area contributed by atoms with Gasteiger partial charge in [-0.3, -0.25) is 0 Å². The van der Waals surface area contributed by atoms with Gasteiger partial charge in [0.05, 0.1) is 33.2 Å². The molecule has 0 spiro atoms. The van der Waals surface area contributed by atoms with Gasteiger partial charge in [-0.15, -0.1) is 0 Å². The first-order valence-corrected chi connectivity index (χ1v) is 7.98. The van der Waals surface area contributed by atoms with Crippen LogP contribution in [0.15, 0.2) is 60.7 Å². The number of hydrogen-bond acceptors (Lipinski definition) is 1. The molecule has 0 amide bonds. The zero-order chi connectivity index (χ0) is 14.5. The van der Waals surface area contributed by atoms with Crippen molar-refractivity contribution in [3.05, 3.63) is 60.7 Å². The number of halogens is 1. The third-order valence-corrected chi connectivity index (χ3v) is 4.65. The zero-order valence-corrected chi connectivity index (χ0v) is 14.9. The molecule has 2 aromatic rings. The van der Waals surface area contributed by atoms with E-state index in [1.165, 1.54) is 48.3 Å². The van der Waals surface area contributed by atoms with Crippen molar-refractivity contribution in [1.29, 1.82) is 0 Å². The van der Waals surface area contributed by atoms with E-state index in [9.17, 15) is 0 Å². The van der Waals surface area contributed by atoms with Gasteiger partial charge in [-0.05, 0) is 24.3 Å². The first kappa shape index (κ1) is 17.0. The molecule has 0 aliphatic carbocycles. The molecule has 3 rings (SSSR count). The van der Waals surface area contributed by atoms with E-state index in [-0.39, 0.29) is 17.0 Å². The Labute approximate surface area is 144 Å². The fourth-order valence-electron chi connectivity index (χ4n) is 3.29. The molecule has 0 radical (unpaired) electrons. The summed E-state index contributed by atoms with van der Waals surface area (Å²) in [6.45, 7) is 4.95. The SMILES string of the molecule is C[N+]1(CCN(c2ccccc2)c2ccccc2)CCCC1.[Br-]. The summed E-state index contributed by atoms with van der Waals surface area (Å²) < 4.78 is 1.22. The van der Waals surface area contributed by atoms with E-state index in [1.54, 1.807) is 0 Å². The quantitative estimate of drug-likeness (QED) is 0.721. The number of quaternary nitrogens is 1. The van der Waals surface area contributed by atoms with E-state index < -0.39 is 0 Å². The number of likely N-dealkylation sites (tertiary alicyclic amines) is 1. The van der Waals surface area contributed by atoms with Crippen molar-refractivity contribution in [2.75, 3.05) is 38.1 Å². The molecule has 118 valence electrons. The molecule has 0 aromatic heterocycles. The van der Waals surface area contributed by atoms with Gasteiger partial charge in [0.25, 0.3) is 0 Å². The minimum absolute atomic E-state index is 0. The van der Waals surface area contributed by atoms with Crippen LogP contribution >= 0.6 is 0 Å². The second-order valence-electron chi connectivity index (χ2n) is 6.32. The minimum Gasteiger partial charge on any atom is -1.00 e. The average molecular weight is 361 g/mol.